The number of carbonyl (C=O) groups is 1. The number of furan rings is 1. The Morgan fingerprint density at radius 2 is 1.88 bits per heavy atom. The standard InChI is InChI=1S/C12H7Br3O2/c1-6-8(13)4-9(14)11(12(6)15)10-3-2-7(5-16)17-10/h2-5H,1H3. The van der Waals surface area contributed by atoms with Crippen molar-refractivity contribution >= 4 is 54.1 Å². The highest BCUT2D eigenvalue weighted by Crippen LogP contribution is 2.40. The molecule has 1 aromatic carbocycles. The Morgan fingerprint density at radius 1 is 1.18 bits per heavy atom. The van der Waals surface area contributed by atoms with Crippen molar-refractivity contribution in [3.8, 4) is 11.3 Å². The first-order valence-corrected chi connectivity index (χ1v) is 7.12. The van der Waals surface area contributed by atoms with E-state index >= 15 is 0 Å². The molecule has 0 spiro atoms. The van der Waals surface area contributed by atoms with Crippen LogP contribution in [0.3, 0.4) is 0 Å². The minimum atomic E-state index is 0.319. The summed E-state index contributed by atoms with van der Waals surface area (Å²) in [6.45, 7) is 1.99. The molecular formula is C12H7Br3O2. The summed E-state index contributed by atoms with van der Waals surface area (Å²) in [5.74, 6) is 0.973. The Bertz CT molecular complexity index is 588. The van der Waals surface area contributed by atoms with Crippen molar-refractivity contribution in [2.24, 2.45) is 0 Å². The van der Waals surface area contributed by atoms with Crippen molar-refractivity contribution in [1.82, 2.24) is 0 Å². The molecule has 0 unspecified atom stereocenters. The minimum Gasteiger partial charge on any atom is -0.453 e. The van der Waals surface area contributed by atoms with Crippen LogP contribution in [-0.4, -0.2) is 6.29 Å². The van der Waals surface area contributed by atoms with Crippen LogP contribution in [-0.2, 0) is 0 Å². The lowest BCUT2D eigenvalue weighted by molar-refractivity contribution is 0.110. The summed E-state index contributed by atoms with van der Waals surface area (Å²) in [5, 5.41) is 0. The van der Waals surface area contributed by atoms with Crippen LogP contribution in [0.1, 0.15) is 16.1 Å². The Hall–Kier alpha value is -0.390. The van der Waals surface area contributed by atoms with Gasteiger partial charge in [-0.15, -0.1) is 0 Å². The highest BCUT2D eigenvalue weighted by molar-refractivity contribution is 9.11. The summed E-state index contributed by atoms with van der Waals surface area (Å²) in [7, 11) is 0. The van der Waals surface area contributed by atoms with Gasteiger partial charge in [0, 0.05) is 19.0 Å². The van der Waals surface area contributed by atoms with Crippen molar-refractivity contribution in [1.29, 1.82) is 0 Å². The molecule has 0 saturated heterocycles. The molecule has 2 aromatic rings. The van der Waals surface area contributed by atoms with Gasteiger partial charge in [0.15, 0.2) is 12.0 Å². The first-order valence-electron chi connectivity index (χ1n) is 4.74. The van der Waals surface area contributed by atoms with E-state index in [2.05, 4.69) is 47.8 Å². The van der Waals surface area contributed by atoms with Crippen LogP contribution in [0.25, 0.3) is 11.3 Å². The normalized spacial score (nSPS) is 10.6. The number of hydrogen-bond acceptors (Lipinski definition) is 2. The van der Waals surface area contributed by atoms with E-state index in [9.17, 15) is 4.79 Å². The minimum absolute atomic E-state index is 0.319. The highest BCUT2D eigenvalue weighted by atomic mass is 79.9. The average Bonchev–Trinajstić information content (AvgIpc) is 2.74. The third-order valence-corrected chi connectivity index (χ3v) is 4.83. The number of rotatable bonds is 2. The molecule has 88 valence electrons. The second-order valence-electron chi connectivity index (χ2n) is 3.47. The van der Waals surface area contributed by atoms with E-state index in [1.807, 2.05) is 13.0 Å². The summed E-state index contributed by atoms with van der Waals surface area (Å²) in [6, 6.07) is 5.39. The van der Waals surface area contributed by atoms with Crippen molar-refractivity contribution < 1.29 is 9.21 Å². The number of carbonyl (C=O) groups excluding carboxylic acids is 1. The Balaban J connectivity index is 2.66. The van der Waals surface area contributed by atoms with E-state index in [1.54, 1.807) is 12.1 Å². The fraction of sp³-hybridized carbons (Fsp3) is 0.0833. The summed E-state index contributed by atoms with van der Waals surface area (Å²) in [4.78, 5) is 10.6. The third kappa shape index (κ3) is 2.41. The van der Waals surface area contributed by atoms with Gasteiger partial charge < -0.3 is 4.42 Å². The van der Waals surface area contributed by atoms with Crippen LogP contribution in [0.2, 0.25) is 0 Å². The number of halogens is 3. The molecule has 2 nitrogen and oxygen atoms in total. The molecular weight excluding hydrogens is 416 g/mol. The molecule has 1 heterocycles. The maximum Gasteiger partial charge on any atom is 0.185 e. The van der Waals surface area contributed by atoms with Gasteiger partial charge in [-0.3, -0.25) is 4.79 Å². The van der Waals surface area contributed by atoms with Gasteiger partial charge in [0.1, 0.15) is 5.76 Å². The van der Waals surface area contributed by atoms with E-state index in [1.165, 1.54) is 0 Å². The molecule has 0 amide bonds. The first kappa shape index (κ1) is 13.1. The summed E-state index contributed by atoms with van der Waals surface area (Å²) < 4.78 is 8.27. The van der Waals surface area contributed by atoms with Gasteiger partial charge in [0.2, 0.25) is 0 Å². The lowest BCUT2D eigenvalue weighted by Gasteiger charge is -2.09. The predicted octanol–water partition coefficient (Wildman–Crippen LogP) is 5.36. The second-order valence-corrected chi connectivity index (χ2v) is 5.98. The molecule has 0 saturated carbocycles. The summed E-state index contributed by atoms with van der Waals surface area (Å²) in [6.07, 6.45) is 0.691. The molecule has 5 heteroatoms. The molecule has 0 radical (unpaired) electrons. The zero-order valence-corrected chi connectivity index (χ0v) is 13.5. The monoisotopic (exact) mass is 420 g/mol. The predicted molar refractivity (Wildman–Crippen MR) is 77.4 cm³/mol. The molecule has 0 atom stereocenters. The number of benzene rings is 1. The average molecular weight is 423 g/mol. The van der Waals surface area contributed by atoms with E-state index < -0.39 is 0 Å². The fourth-order valence-electron chi connectivity index (χ4n) is 1.47. The Kier molecular flexibility index (Phi) is 3.90. The zero-order chi connectivity index (χ0) is 12.6. The van der Waals surface area contributed by atoms with E-state index in [0.29, 0.717) is 17.8 Å². The molecule has 0 aliphatic heterocycles. The van der Waals surface area contributed by atoms with Gasteiger partial charge in [0.05, 0.1) is 0 Å². The largest absolute Gasteiger partial charge is 0.453 e. The first-order chi connectivity index (χ1) is 8.04. The van der Waals surface area contributed by atoms with Crippen molar-refractivity contribution in [2.75, 3.05) is 0 Å². The molecule has 0 fully saturated rings. The van der Waals surface area contributed by atoms with Gasteiger partial charge in [-0.2, -0.15) is 0 Å². The van der Waals surface area contributed by atoms with Crippen molar-refractivity contribution in [3.63, 3.8) is 0 Å². The molecule has 2 rings (SSSR count). The smallest absolute Gasteiger partial charge is 0.185 e. The number of hydrogen-bond donors (Lipinski definition) is 0. The van der Waals surface area contributed by atoms with Gasteiger partial charge in [-0.25, -0.2) is 0 Å². The maximum atomic E-state index is 10.6. The van der Waals surface area contributed by atoms with Gasteiger partial charge in [-0.1, -0.05) is 15.9 Å². The van der Waals surface area contributed by atoms with Gasteiger partial charge in [-0.05, 0) is 62.5 Å². The lowest BCUT2D eigenvalue weighted by atomic mass is 10.1. The van der Waals surface area contributed by atoms with Crippen LogP contribution < -0.4 is 0 Å². The Morgan fingerprint density at radius 3 is 2.47 bits per heavy atom. The van der Waals surface area contributed by atoms with E-state index in [4.69, 9.17) is 4.42 Å². The van der Waals surface area contributed by atoms with Crippen LogP contribution >= 0.6 is 47.8 Å². The topological polar surface area (TPSA) is 30.2 Å². The quantitative estimate of drug-likeness (QED) is 0.610. The van der Waals surface area contributed by atoms with Crippen molar-refractivity contribution in [2.45, 2.75) is 6.92 Å². The van der Waals surface area contributed by atoms with Crippen molar-refractivity contribution in [3.05, 3.63) is 42.9 Å². The van der Waals surface area contributed by atoms with E-state index in [0.717, 1.165) is 24.5 Å². The Labute approximate surface area is 124 Å². The highest BCUT2D eigenvalue weighted by Gasteiger charge is 2.16. The molecule has 0 aliphatic rings. The van der Waals surface area contributed by atoms with E-state index in [-0.39, 0.29) is 0 Å². The fourth-order valence-corrected chi connectivity index (χ4v) is 3.98. The molecule has 0 aliphatic carbocycles. The van der Waals surface area contributed by atoms with Gasteiger partial charge in [0.25, 0.3) is 0 Å². The molecule has 17 heavy (non-hydrogen) atoms. The molecule has 1 aromatic heterocycles. The van der Waals surface area contributed by atoms with Crippen LogP contribution in [0.4, 0.5) is 0 Å². The summed E-state index contributed by atoms with van der Waals surface area (Å²) in [5.41, 5.74) is 1.98. The zero-order valence-electron chi connectivity index (χ0n) is 8.76. The second kappa shape index (κ2) is 5.08. The third-order valence-electron chi connectivity index (χ3n) is 2.39. The van der Waals surface area contributed by atoms with Gasteiger partial charge >= 0.3 is 0 Å². The van der Waals surface area contributed by atoms with Crippen LogP contribution in [0.15, 0.2) is 36.0 Å². The maximum absolute atomic E-state index is 10.6. The van der Waals surface area contributed by atoms with Crippen LogP contribution in [0, 0.1) is 6.92 Å². The van der Waals surface area contributed by atoms with Crippen LogP contribution in [0.5, 0.6) is 0 Å². The lowest BCUT2D eigenvalue weighted by Crippen LogP contribution is -1.86. The molecule has 0 N–H and O–H groups in total. The SMILES string of the molecule is Cc1c(Br)cc(Br)c(-c2ccc(C=O)o2)c1Br. The molecule has 0 bridgehead atoms. The summed E-state index contributed by atoms with van der Waals surface area (Å²) >= 11 is 10.5. The number of aldehydes is 1.